The molecule has 0 aliphatic carbocycles. The number of hydrogen-bond acceptors (Lipinski definition) is 5. The van der Waals surface area contributed by atoms with Crippen LogP contribution in [-0.4, -0.2) is 47.5 Å². The molecule has 2 N–H and O–H groups in total. The summed E-state index contributed by atoms with van der Waals surface area (Å²) in [6, 6.07) is 0. The minimum atomic E-state index is 0.693. The number of nitrogens with two attached hydrogens (primary N) is 1. The second kappa shape index (κ2) is 6.20. The second-order valence-electron chi connectivity index (χ2n) is 5.89. The highest BCUT2D eigenvalue weighted by atomic mass is 32.1. The molecule has 4 nitrogen and oxygen atoms in total. The molecule has 0 saturated carbocycles. The van der Waals surface area contributed by atoms with Gasteiger partial charge < -0.3 is 10.6 Å². The van der Waals surface area contributed by atoms with Gasteiger partial charge in [0.25, 0.3) is 0 Å². The molecule has 0 amide bonds. The first kappa shape index (κ1) is 13.3. The van der Waals surface area contributed by atoms with Crippen molar-refractivity contribution in [2.75, 3.05) is 38.5 Å². The molecule has 0 radical (unpaired) electrons. The van der Waals surface area contributed by atoms with Crippen LogP contribution in [0.4, 0.5) is 5.13 Å². The van der Waals surface area contributed by atoms with Gasteiger partial charge in [-0.15, -0.1) is 11.3 Å². The molecular formula is C14H24N4S. The van der Waals surface area contributed by atoms with Crippen molar-refractivity contribution >= 4 is 16.5 Å². The summed E-state index contributed by atoms with van der Waals surface area (Å²) in [5, 5.41) is 0.693. The summed E-state index contributed by atoms with van der Waals surface area (Å²) in [6.07, 6.45) is 7.45. The Morgan fingerprint density at radius 2 is 1.89 bits per heavy atom. The Hall–Kier alpha value is -0.650. The molecule has 0 unspecified atom stereocenters. The van der Waals surface area contributed by atoms with Crippen LogP contribution in [0.15, 0.2) is 6.20 Å². The van der Waals surface area contributed by atoms with Crippen molar-refractivity contribution in [2.45, 2.75) is 32.2 Å². The molecule has 19 heavy (non-hydrogen) atoms. The van der Waals surface area contributed by atoms with Crippen molar-refractivity contribution in [1.82, 2.24) is 14.8 Å². The lowest BCUT2D eigenvalue weighted by Crippen LogP contribution is -2.37. The van der Waals surface area contributed by atoms with E-state index in [-0.39, 0.29) is 0 Å². The SMILES string of the molecule is Nc1ncc(CN2CCC(CN3CCCC3)CC2)s1. The van der Waals surface area contributed by atoms with Crippen LogP contribution in [0.25, 0.3) is 0 Å². The lowest BCUT2D eigenvalue weighted by molar-refractivity contribution is 0.149. The van der Waals surface area contributed by atoms with Gasteiger partial charge in [-0.2, -0.15) is 0 Å². The van der Waals surface area contributed by atoms with Gasteiger partial charge in [0, 0.05) is 24.2 Å². The Kier molecular flexibility index (Phi) is 4.35. The summed E-state index contributed by atoms with van der Waals surface area (Å²) in [6.45, 7) is 7.50. The van der Waals surface area contributed by atoms with Gasteiger partial charge in [0.05, 0.1) is 0 Å². The van der Waals surface area contributed by atoms with Crippen molar-refractivity contribution in [3.8, 4) is 0 Å². The maximum atomic E-state index is 5.68. The van der Waals surface area contributed by atoms with Crippen molar-refractivity contribution in [3.63, 3.8) is 0 Å². The van der Waals surface area contributed by atoms with E-state index < -0.39 is 0 Å². The van der Waals surface area contributed by atoms with Crippen LogP contribution in [0, 0.1) is 5.92 Å². The smallest absolute Gasteiger partial charge is 0.180 e. The molecule has 1 aromatic rings. The van der Waals surface area contributed by atoms with E-state index >= 15 is 0 Å². The number of likely N-dealkylation sites (tertiary alicyclic amines) is 2. The zero-order valence-electron chi connectivity index (χ0n) is 11.6. The molecule has 2 saturated heterocycles. The molecule has 2 fully saturated rings. The van der Waals surface area contributed by atoms with Gasteiger partial charge in [-0.3, -0.25) is 4.90 Å². The molecule has 106 valence electrons. The number of piperidine rings is 1. The number of nitrogens with zero attached hydrogens (tertiary/aromatic N) is 3. The average molecular weight is 280 g/mol. The number of aromatic nitrogens is 1. The standard InChI is InChI=1S/C14H24N4S/c15-14-16-9-13(19-14)11-18-7-3-12(4-8-18)10-17-5-1-2-6-17/h9,12H,1-8,10-11H2,(H2,15,16). The van der Waals surface area contributed by atoms with Crippen molar-refractivity contribution < 1.29 is 0 Å². The quantitative estimate of drug-likeness (QED) is 0.916. The molecular weight excluding hydrogens is 256 g/mol. The minimum absolute atomic E-state index is 0.693. The highest BCUT2D eigenvalue weighted by Crippen LogP contribution is 2.23. The van der Waals surface area contributed by atoms with E-state index in [1.807, 2.05) is 6.20 Å². The summed E-state index contributed by atoms with van der Waals surface area (Å²) in [5.41, 5.74) is 5.68. The first-order valence-corrected chi connectivity index (χ1v) is 8.26. The van der Waals surface area contributed by atoms with E-state index in [0.29, 0.717) is 5.13 Å². The molecule has 3 heterocycles. The maximum absolute atomic E-state index is 5.68. The van der Waals surface area contributed by atoms with Crippen LogP contribution >= 0.6 is 11.3 Å². The number of thiazole rings is 1. The van der Waals surface area contributed by atoms with Crippen LogP contribution in [0.5, 0.6) is 0 Å². The number of rotatable bonds is 4. The first-order valence-electron chi connectivity index (χ1n) is 7.44. The molecule has 0 spiro atoms. The van der Waals surface area contributed by atoms with Gasteiger partial charge in [-0.25, -0.2) is 4.98 Å². The zero-order valence-corrected chi connectivity index (χ0v) is 12.4. The third kappa shape index (κ3) is 3.68. The van der Waals surface area contributed by atoms with Crippen molar-refractivity contribution in [2.24, 2.45) is 5.92 Å². The van der Waals surface area contributed by atoms with E-state index in [9.17, 15) is 0 Å². The Balaban J connectivity index is 1.41. The van der Waals surface area contributed by atoms with Gasteiger partial charge in [0.15, 0.2) is 5.13 Å². The largest absolute Gasteiger partial charge is 0.375 e. The fraction of sp³-hybridized carbons (Fsp3) is 0.786. The highest BCUT2D eigenvalue weighted by molar-refractivity contribution is 7.15. The molecule has 2 aliphatic rings. The molecule has 0 aromatic carbocycles. The Bertz CT molecular complexity index is 392. The molecule has 0 bridgehead atoms. The fourth-order valence-corrected chi connectivity index (χ4v) is 4.00. The van der Waals surface area contributed by atoms with E-state index in [1.165, 1.54) is 63.3 Å². The molecule has 0 atom stereocenters. The van der Waals surface area contributed by atoms with Gasteiger partial charge >= 0.3 is 0 Å². The molecule has 1 aromatic heterocycles. The molecule has 3 rings (SSSR count). The van der Waals surface area contributed by atoms with Crippen LogP contribution in [0.2, 0.25) is 0 Å². The van der Waals surface area contributed by atoms with Crippen LogP contribution in [-0.2, 0) is 6.54 Å². The average Bonchev–Trinajstić information content (AvgIpc) is 3.04. The fourth-order valence-electron chi connectivity index (χ4n) is 3.27. The topological polar surface area (TPSA) is 45.4 Å². The lowest BCUT2D eigenvalue weighted by Gasteiger charge is -2.33. The van der Waals surface area contributed by atoms with Gasteiger partial charge in [-0.05, 0) is 57.8 Å². The zero-order chi connectivity index (χ0) is 13.1. The van der Waals surface area contributed by atoms with E-state index in [4.69, 9.17) is 5.73 Å². The van der Waals surface area contributed by atoms with Crippen molar-refractivity contribution in [1.29, 1.82) is 0 Å². The lowest BCUT2D eigenvalue weighted by atomic mass is 9.96. The van der Waals surface area contributed by atoms with Crippen molar-refractivity contribution in [3.05, 3.63) is 11.1 Å². The van der Waals surface area contributed by atoms with Crippen LogP contribution in [0.1, 0.15) is 30.6 Å². The third-order valence-corrected chi connectivity index (χ3v) is 5.18. The predicted octanol–water partition coefficient (Wildman–Crippen LogP) is 2.03. The number of nitrogen functional groups attached to an aromatic ring is 1. The van der Waals surface area contributed by atoms with E-state index in [1.54, 1.807) is 11.3 Å². The monoisotopic (exact) mass is 280 g/mol. The van der Waals surface area contributed by atoms with Gasteiger partial charge in [-0.1, -0.05) is 0 Å². The molecule has 2 aliphatic heterocycles. The summed E-state index contributed by atoms with van der Waals surface area (Å²) >= 11 is 1.63. The van der Waals surface area contributed by atoms with E-state index in [0.717, 1.165) is 12.5 Å². The second-order valence-corrected chi connectivity index (χ2v) is 7.04. The Morgan fingerprint density at radius 3 is 2.53 bits per heavy atom. The minimum Gasteiger partial charge on any atom is -0.375 e. The summed E-state index contributed by atoms with van der Waals surface area (Å²) in [7, 11) is 0. The predicted molar refractivity (Wildman–Crippen MR) is 80.2 cm³/mol. The van der Waals surface area contributed by atoms with E-state index in [2.05, 4.69) is 14.8 Å². The Labute approximate surface area is 119 Å². The number of hydrogen-bond donors (Lipinski definition) is 1. The Morgan fingerprint density at radius 1 is 1.16 bits per heavy atom. The van der Waals surface area contributed by atoms with Gasteiger partial charge in [0.2, 0.25) is 0 Å². The van der Waals surface area contributed by atoms with Gasteiger partial charge in [0.1, 0.15) is 0 Å². The van der Waals surface area contributed by atoms with Crippen LogP contribution in [0.3, 0.4) is 0 Å². The first-order chi connectivity index (χ1) is 9.29. The number of anilines is 1. The summed E-state index contributed by atoms with van der Waals surface area (Å²) in [4.78, 5) is 10.6. The molecule has 5 heteroatoms. The summed E-state index contributed by atoms with van der Waals surface area (Å²) in [5.74, 6) is 0.917. The normalized spacial score (nSPS) is 23.2. The van der Waals surface area contributed by atoms with Crippen LogP contribution < -0.4 is 5.73 Å². The highest BCUT2D eigenvalue weighted by Gasteiger charge is 2.23. The summed E-state index contributed by atoms with van der Waals surface area (Å²) < 4.78 is 0. The maximum Gasteiger partial charge on any atom is 0.180 e. The third-order valence-electron chi connectivity index (χ3n) is 4.37.